The van der Waals surface area contributed by atoms with Crippen molar-refractivity contribution in [3.05, 3.63) is 92.3 Å². The highest BCUT2D eigenvalue weighted by Gasteiger charge is 2.20. The van der Waals surface area contributed by atoms with E-state index in [4.69, 9.17) is 0 Å². The van der Waals surface area contributed by atoms with Gasteiger partial charge in [-0.1, -0.05) is 55.5 Å². The summed E-state index contributed by atoms with van der Waals surface area (Å²) in [6.45, 7) is 3.99. The van der Waals surface area contributed by atoms with Gasteiger partial charge in [0, 0.05) is 18.8 Å². The van der Waals surface area contributed by atoms with Crippen LogP contribution in [0.1, 0.15) is 48.9 Å². The summed E-state index contributed by atoms with van der Waals surface area (Å²) in [7, 11) is 1.43. The van der Waals surface area contributed by atoms with Gasteiger partial charge in [-0.25, -0.2) is 4.79 Å². The molecule has 1 aliphatic rings. The molecule has 0 radical (unpaired) electrons. The van der Waals surface area contributed by atoms with Crippen LogP contribution < -0.4 is 11.2 Å². The summed E-state index contributed by atoms with van der Waals surface area (Å²) >= 11 is 0. The van der Waals surface area contributed by atoms with Crippen LogP contribution in [0.5, 0.6) is 0 Å². The minimum Gasteiger partial charge on any atom is -0.311 e. The van der Waals surface area contributed by atoms with E-state index in [1.54, 1.807) is 18.1 Å². The molecule has 154 valence electrons. The van der Waals surface area contributed by atoms with Crippen molar-refractivity contribution in [1.29, 1.82) is 0 Å². The Labute approximate surface area is 176 Å². The molecule has 3 aromatic carbocycles. The minimum atomic E-state index is -0.370. The first-order valence-electron chi connectivity index (χ1n) is 10.7. The Balaban J connectivity index is 0.000000185. The van der Waals surface area contributed by atoms with Crippen LogP contribution >= 0.6 is 0 Å². The van der Waals surface area contributed by atoms with E-state index in [0.717, 1.165) is 10.5 Å². The van der Waals surface area contributed by atoms with Gasteiger partial charge in [-0.15, -0.1) is 0 Å². The van der Waals surface area contributed by atoms with Gasteiger partial charge in [0.05, 0.1) is 0 Å². The normalized spacial score (nSPS) is 15.5. The van der Waals surface area contributed by atoms with E-state index in [1.807, 2.05) is 0 Å². The standard InChI is InChI=1S/C20H20.C6H8N2O2/c1-2-14-7-5-9-18-17(14)12-13-19-16-8-4-3-6-15(16)10-11-20(18)19;1-4-3-5(9)8(2)6(10)7-4/h3-4,6,8,10-14H,2,5,7,9H2,1H3;3H,1-2H3,(H,7,10). The van der Waals surface area contributed by atoms with Crippen molar-refractivity contribution in [3.63, 3.8) is 0 Å². The Kier molecular flexibility index (Phi) is 5.58. The van der Waals surface area contributed by atoms with E-state index in [0.29, 0.717) is 5.69 Å². The van der Waals surface area contributed by atoms with Crippen molar-refractivity contribution in [2.45, 2.75) is 45.4 Å². The quantitative estimate of drug-likeness (QED) is 0.446. The van der Waals surface area contributed by atoms with Crippen molar-refractivity contribution in [1.82, 2.24) is 9.55 Å². The zero-order valence-electron chi connectivity index (χ0n) is 17.9. The van der Waals surface area contributed by atoms with Crippen molar-refractivity contribution < 1.29 is 0 Å². The molecular weight excluding hydrogens is 372 g/mol. The summed E-state index contributed by atoms with van der Waals surface area (Å²) in [4.78, 5) is 24.1. The van der Waals surface area contributed by atoms with Crippen LogP contribution in [0.15, 0.2) is 64.2 Å². The number of benzene rings is 3. The predicted molar refractivity (Wildman–Crippen MR) is 124 cm³/mol. The van der Waals surface area contributed by atoms with Gasteiger partial charge < -0.3 is 4.98 Å². The largest absolute Gasteiger partial charge is 0.328 e. The van der Waals surface area contributed by atoms with Crippen molar-refractivity contribution >= 4 is 21.5 Å². The van der Waals surface area contributed by atoms with Gasteiger partial charge in [-0.05, 0) is 71.2 Å². The van der Waals surface area contributed by atoms with Crippen molar-refractivity contribution in [2.75, 3.05) is 0 Å². The van der Waals surface area contributed by atoms with E-state index >= 15 is 0 Å². The number of hydrogen-bond acceptors (Lipinski definition) is 2. The van der Waals surface area contributed by atoms with Crippen molar-refractivity contribution in [3.8, 4) is 0 Å². The van der Waals surface area contributed by atoms with Gasteiger partial charge in [-0.3, -0.25) is 9.36 Å². The SMILES string of the molecule is CCC1CCCc2c1ccc1c2ccc2ccccc21.Cc1cc(=O)n(C)c(=O)[nH]1. The summed E-state index contributed by atoms with van der Waals surface area (Å²) < 4.78 is 1.02. The molecule has 1 atom stereocenters. The molecule has 30 heavy (non-hydrogen) atoms. The third-order valence-electron chi connectivity index (χ3n) is 6.27. The number of aryl methyl sites for hydroxylation is 2. The van der Waals surface area contributed by atoms with Gasteiger partial charge in [-0.2, -0.15) is 0 Å². The Morgan fingerprint density at radius 2 is 1.77 bits per heavy atom. The van der Waals surface area contributed by atoms with Gasteiger partial charge in [0.15, 0.2) is 0 Å². The fraction of sp³-hybridized carbons (Fsp3) is 0.308. The molecule has 1 aliphatic carbocycles. The lowest BCUT2D eigenvalue weighted by atomic mass is 9.79. The van der Waals surface area contributed by atoms with Gasteiger partial charge in [0.25, 0.3) is 5.56 Å². The number of H-pyrrole nitrogens is 1. The van der Waals surface area contributed by atoms with E-state index < -0.39 is 0 Å². The smallest absolute Gasteiger partial charge is 0.311 e. The molecule has 0 saturated heterocycles. The van der Waals surface area contributed by atoms with Crippen LogP contribution in [0.4, 0.5) is 0 Å². The molecular formula is C26H28N2O2. The number of nitrogens with zero attached hydrogens (tertiary/aromatic N) is 1. The molecule has 0 fully saturated rings. The van der Waals surface area contributed by atoms with Crippen LogP contribution in [0.3, 0.4) is 0 Å². The molecule has 4 aromatic rings. The predicted octanol–water partition coefficient (Wildman–Crippen LogP) is 5.20. The molecule has 0 bridgehead atoms. The van der Waals surface area contributed by atoms with Gasteiger partial charge in [0.1, 0.15) is 0 Å². The van der Waals surface area contributed by atoms with E-state index in [1.165, 1.54) is 60.3 Å². The highest BCUT2D eigenvalue weighted by molar-refractivity contribution is 6.08. The van der Waals surface area contributed by atoms with Crippen LogP contribution in [0.2, 0.25) is 0 Å². The highest BCUT2D eigenvalue weighted by atomic mass is 16.2. The lowest BCUT2D eigenvalue weighted by molar-refractivity contribution is 0.542. The number of aromatic nitrogens is 2. The van der Waals surface area contributed by atoms with Crippen molar-refractivity contribution in [2.24, 2.45) is 7.05 Å². The first-order valence-corrected chi connectivity index (χ1v) is 10.7. The molecule has 1 N–H and O–H groups in total. The topological polar surface area (TPSA) is 54.9 Å². The summed E-state index contributed by atoms with van der Waals surface area (Å²) in [5.41, 5.74) is 3.17. The second-order valence-corrected chi connectivity index (χ2v) is 8.17. The van der Waals surface area contributed by atoms with Crippen LogP contribution in [0, 0.1) is 6.92 Å². The number of hydrogen-bond donors (Lipinski definition) is 1. The lowest BCUT2D eigenvalue weighted by Gasteiger charge is -2.26. The third kappa shape index (κ3) is 3.70. The summed E-state index contributed by atoms with van der Waals surface area (Å²) in [6.07, 6.45) is 5.23. The number of nitrogens with one attached hydrogen (secondary N) is 1. The molecule has 0 saturated carbocycles. The summed E-state index contributed by atoms with van der Waals surface area (Å²) in [5.74, 6) is 0.773. The second-order valence-electron chi connectivity index (χ2n) is 8.17. The highest BCUT2D eigenvalue weighted by Crippen LogP contribution is 2.39. The Hall–Kier alpha value is -3.14. The number of aromatic amines is 1. The van der Waals surface area contributed by atoms with Crippen LogP contribution in [-0.4, -0.2) is 9.55 Å². The maximum atomic E-state index is 10.8. The molecule has 5 rings (SSSR count). The third-order valence-corrected chi connectivity index (χ3v) is 6.27. The van der Waals surface area contributed by atoms with Crippen LogP contribution in [-0.2, 0) is 13.5 Å². The molecule has 0 amide bonds. The monoisotopic (exact) mass is 400 g/mol. The van der Waals surface area contributed by atoms with Gasteiger partial charge >= 0.3 is 5.69 Å². The molecule has 1 heterocycles. The van der Waals surface area contributed by atoms with E-state index in [2.05, 4.69) is 60.4 Å². The zero-order chi connectivity index (χ0) is 21.3. The van der Waals surface area contributed by atoms with E-state index in [9.17, 15) is 9.59 Å². The maximum Gasteiger partial charge on any atom is 0.328 e. The molecule has 1 unspecified atom stereocenters. The molecule has 4 heteroatoms. The Morgan fingerprint density at radius 3 is 2.53 bits per heavy atom. The first-order chi connectivity index (χ1) is 14.5. The maximum absolute atomic E-state index is 10.8. The van der Waals surface area contributed by atoms with Gasteiger partial charge in [0.2, 0.25) is 0 Å². The van der Waals surface area contributed by atoms with Crippen LogP contribution in [0.25, 0.3) is 21.5 Å². The summed E-state index contributed by atoms with van der Waals surface area (Å²) in [6, 6.07) is 19.5. The Bertz CT molecular complexity index is 1300. The molecule has 1 aromatic heterocycles. The summed E-state index contributed by atoms with van der Waals surface area (Å²) in [5, 5.41) is 5.66. The fourth-order valence-electron chi connectivity index (χ4n) is 4.60. The minimum absolute atomic E-state index is 0.277. The van der Waals surface area contributed by atoms with E-state index in [-0.39, 0.29) is 11.2 Å². The molecule has 0 aliphatic heterocycles. The second kappa shape index (κ2) is 8.31. The fourth-order valence-corrected chi connectivity index (χ4v) is 4.60. The zero-order valence-corrected chi connectivity index (χ0v) is 17.9. The average molecular weight is 401 g/mol. The molecule has 0 spiro atoms. The first kappa shape index (κ1) is 20.1. The number of rotatable bonds is 1. The Morgan fingerprint density at radius 1 is 1.00 bits per heavy atom. The lowest BCUT2D eigenvalue weighted by Crippen LogP contribution is -2.32. The number of fused-ring (bicyclic) bond motifs is 5. The average Bonchev–Trinajstić information content (AvgIpc) is 2.76. The molecule has 4 nitrogen and oxygen atoms in total.